The van der Waals surface area contributed by atoms with E-state index in [0.717, 1.165) is 0 Å². The molecule has 0 amide bonds. The van der Waals surface area contributed by atoms with Crippen LogP contribution in [0.2, 0.25) is 0 Å². The van der Waals surface area contributed by atoms with Gasteiger partial charge in [-0.05, 0) is 12.1 Å². The quantitative estimate of drug-likeness (QED) is 0.414. The average Bonchev–Trinajstić information content (AvgIpc) is 2.15. The van der Waals surface area contributed by atoms with Gasteiger partial charge in [0.05, 0.1) is 5.69 Å². The van der Waals surface area contributed by atoms with Gasteiger partial charge in [-0.3, -0.25) is 0 Å². The molecule has 0 aromatic heterocycles. The highest BCUT2D eigenvalue weighted by Gasteiger charge is 2.15. The van der Waals surface area contributed by atoms with Gasteiger partial charge in [0.2, 0.25) is 16.1 Å². The number of carboxylic acids is 1. The van der Waals surface area contributed by atoms with E-state index in [2.05, 4.69) is 4.99 Å². The van der Waals surface area contributed by atoms with E-state index in [4.69, 9.17) is 9.66 Å². The normalized spacial score (nSPS) is 13.6. The minimum absolute atomic E-state index is 0.326. The molecule has 1 atom stereocenters. The highest BCUT2D eigenvalue weighted by atomic mass is 32.2. The first-order chi connectivity index (χ1) is 6.61. The van der Waals surface area contributed by atoms with Gasteiger partial charge in [0.15, 0.2) is 0 Å². The van der Waals surface area contributed by atoms with E-state index < -0.39 is 22.1 Å². The predicted octanol–water partition coefficient (Wildman–Crippen LogP) is 1.02. The minimum atomic E-state index is -2.58. The summed E-state index contributed by atoms with van der Waals surface area (Å²) in [5.41, 5.74) is 0.326. The van der Waals surface area contributed by atoms with E-state index in [-0.39, 0.29) is 0 Å². The molecular weight excluding hydrogens is 206 g/mol. The molecule has 0 spiro atoms. The summed E-state index contributed by atoms with van der Waals surface area (Å²) in [7, 11) is 0. The van der Waals surface area contributed by atoms with Crippen LogP contribution in [0.15, 0.2) is 35.3 Å². The Morgan fingerprint density at radius 1 is 1.29 bits per heavy atom. The predicted molar refractivity (Wildman–Crippen MR) is 51.9 cm³/mol. The summed E-state index contributed by atoms with van der Waals surface area (Å²) in [6, 6.07) is 8.11. The summed E-state index contributed by atoms with van der Waals surface area (Å²) in [5, 5.41) is 7.74. The van der Waals surface area contributed by atoms with Gasteiger partial charge >= 0.3 is 5.97 Å². The molecule has 1 unspecified atom stereocenters. The van der Waals surface area contributed by atoms with E-state index in [0.29, 0.717) is 5.69 Å². The molecule has 0 radical (unpaired) electrons. The Balaban J connectivity index is 3.06. The van der Waals surface area contributed by atoms with Crippen molar-refractivity contribution in [2.45, 2.75) is 0 Å². The Kier molecular flexibility index (Phi) is 3.49. The van der Waals surface area contributed by atoms with Crippen LogP contribution in [0.4, 0.5) is 5.69 Å². The van der Waals surface area contributed by atoms with Crippen LogP contribution in [-0.2, 0) is 15.9 Å². The molecule has 2 N–H and O–H groups in total. The highest BCUT2D eigenvalue weighted by molar-refractivity contribution is 7.97. The van der Waals surface area contributed by atoms with Crippen LogP contribution in [0.3, 0.4) is 0 Å². The maximum Gasteiger partial charge on any atom is 0.366 e. The van der Waals surface area contributed by atoms with Crippen LogP contribution in [0.25, 0.3) is 0 Å². The highest BCUT2D eigenvalue weighted by Crippen LogP contribution is 2.10. The number of carboxylic acid groups (broad SMARTS) is 1. The summed E-state index contributed by atoms with van der Waals surface area (Å²) in [5.74, 6) is -1.50. The summed E-state index contributed by atoms with van der Waals surface area (Å²) in [4.78, 5) is 14.0. The second-order valence-electron chi connectivity index (χ2n) is 2.31. The summed E-state index contributed by atoms with van der Waals surface area (Å²) in [6.07, 6.45) is 0. The second kappa shape index (κ2) is 4.64. The first-order valence-electron chi connectivity index (χ1n) is 3.59. The molecule has 1 aromatic rings. The van der Waals surface area contributed by atoms with Crippen molar-refractivity contribution in [3.8, 4) is 0 Å². The van der Waals surface area contributed by atoms with E-state index in [9.17, 15) is 9.00 Å². The molecule has 0 saturated heterocycles. The van der Waals surface area contributed by atoms with E-state index in [1.165, 1.54) is 12.1 Å². The molecule has 0 aliphatic carbocycles. The Morgan fingerprint density at radius 3 is 2.29 bits per heavy atom. The number of hydrogen-bond donors (Lipinski definition) is 2. The third-order valence-corrected chi connectivity index (χ3v) is 1.93. The van der Waals surface area contributed by atoms with Crippen LogP contribution in [0.1, 0.15) is 0 Å². The van der Waals surface area contributed by atoms with Gasteiger partial charge in [-0.2, -0.15) is 0 Å². The fraction of sp³-hybridized carbons (Fsp3) is 0. The topological polar surface area (TPSA) is 87.0 Å². The number of carbonyl (C=O) groups is 1. The van der Waals surface area contributed by atoms with Crippen LogP contribution >= 0.6 is 0 Å². The number of aliphatic imine (C=N–C) groups is 1. The molecule has 0 fully saturated rings. The van der Waals surface area contributed by atoms with Crippen molar-refractivity contribution in [2.24, 2.45) is 4.99 Å². The van der Waals surface area contributed by atoms with Crippen molar-refractivity contribution in [3.05, 3.63) is 30.3 Å². The number of hydrogen-bond acceptors (Lipinski definition) is 3. The zero-order valence-corrected chi connectivity index (χ0v) is 7.77. The van der Waals surface area contributed by atoms with Gasteiger partial charge < -0.3 is 9.66 Å². The maximum absolute atomic E-state index is 10.5. The van der Waals surface area contributed by atoms with Gasteiger partial charge in [-0.25, -0.2) is 14.0 Å². The second-order valence-corrected chi connectivity index (χ2v) is 3.19. The Labute approximate surface area is 82.4 Å². The third kappa shape index (κ3) is 2.75. The Bertz CT molecular complexity index is 372. The molecule has 0 aliphatic heterocycles. The number of para-hydroxylation sites is 1. The van der Waals surface area contributed by atoms with Crippen LogP contribution in [-0.4, -0.2) is 24.9 Å². The number of benzene rings is 1. The molecule has 6 heteroatoms. The van der Waals surface area contributed by atoms with E-state index >= 15 is 0 Å². The molecule has 1 rings (SSSR count). The van der Waals surface area contributed by atoms with E-state index in [1.54, 1.807) is 18.2 Å². The molecular formula is C8H7NO4S. The van der Waals surface area contributed by atoms with Gasteiger partial charge in [-0.15, -0.1) is 0 Å². The smallest absolute Gasteiger partial charge is 0.366 e. The zero-order chi connectivity index (χ0) is 10.6. The summed E-state index contributed by atoms with van der Waals surface area (Å²) in [6.45, 7) is 0. The standard InChI is InChI=1S/C8H7NO4S/c10-8(11)7(14(12)13)9-6-4-2-1-3-5-6/h1-5H,(H,10,11)(H,12,13). The molecule has 1 aromatic carbocycles. The lowest BCUT2D eigenvalue weighted by Crippen LogP contribution is -2.17. The van der Waals surface area contributed by atoms with Gasteiger partial charge in [0.1, 0.15) is 0 Å². The maximum atomic E-state index is 10.5. The number of aliphatic carboxylic acids is 1. The largest absolute Gasteiger partial charge is 0.476 e. The van der Waals surface area contributed by atoms with Gasteiger partial charge in [0, 0.05) is 0 Å². The SMILES string of the molecule is O=C(O)C(=Nc1ccccc1)S(=O)O. The fourth-order valence-corrected chi connectivity index (χ4v) is 1.11. The first kappa shape index (κ1) is 10.6. The van der Waals surface area contributed by atoms with Gasteiger partial charge in [-0.1, -0.05) is 18.2 Å². The van der Waals surface area contributed by atoms with Crippen molar-refractivity contribution in [3.63, 3.8) is 0 Å². The monoisotopic (exact) mass is 213 g/mol. The molecule has 14 heavy (non-hydrogen) atoms. The molecule has 0 bridgehead atoms. The molecule has 74 valence electrons. The van der Waals surface area contributed by atoms with Crippen molar-refractivity contribution < 1.29 is 18.7 Å². The van der Waals surface area contributed by atoms with Crippen LogP contribution in [0, 0.1) is 0 Å². The molecule has 0 heterocycles. The lowest BCUT2D eigenvalue weighted by Gasteiger charge is -1.95. The van der Waals surface area contributed by atoms with Crippen molar-refractivity contribution in [2.75, 3.05) is 0 Å². The van der Waals surface area contributed by atoms with Crippen LogP contribution < -0.4 is 0 Å². The lowest BCUT2D eigenvalue weighted by atomic mass is 10.3. The Hall–Kier alpha value is -1.53. The summed E-state index contributed by atoms with van der Waals surface area (Å²) < 4.78 is 19.1. The minimum Gasteiger partial charge on any atom is -0.476 e. The zero-order valence-electron chi connectivity index (χ0n) is 6.95. The molecule has 0 aliphatic rings. The van der Waals surface area contributed by atoms with Crippen molar-refractivity contribution >= 4 is 27.8 Å². The van der Waals surface area contributed by atoms with E-state index in [1.807, 2.05) is 0 Å². The van der Waals surface area contributed by atoms with Crippen molar-refractivity contribution in [1.29, 1.82) is 0 Å². The third-order valence-electron chi connectivity index (χ3n) is 1.34. The van der Waals surface area contributed by atoms with Crippen molar-refractivity contribution in [1.82, 2.24) is 0 Å². The number of rotatable bonds is 1. The first-order valence-corrected chi connectivity index (χ1v) is 4.70. The average molecular weight is 213 g/mol. The molecule has 5 nitrogen and oxygen atoms in total. The molecule has 0 saturated carbocycles. The van der Waals surface area contributed by atoms with Crippen LogP contribution in [0.5, 0.6) is 0 Å². The Morgan fingerprint density at radius 2 is 1.86 bits per heavy atom. The summed E-state index contributed by atoms with van der Waals surface area (Å²) >= 11 is -2.58. The lowest BCUT2D eigenvalue weighted by molar-refractivity contribution is -0.129. The fourth-order valence-electron chi connectivity index (χ4n) is 0.781. The number of nitrogens with zero attached hydrogens (tertiary/aromatic N) is 1. The van der Waals surface area contributed by atoms with Gasteiger partial charge in [0.25, 0.3) is 0 Å².